The van der Waals surface area contributed by atoms with Crippen LogP contribution in [0.2, 0.25) is 0 Å². The van der Waals surface area contributed by atoms with Gasteiger partial charge in [-0.1, -0.05) is 6.07 Å². The van der Waals surface area contributed by atoms with Crippen LogP contribution in [-0.4, -0.2) is 22.2 Å². The van der Waals surface area contributed by atoms with E-state index in [1.807, 2.05) is 25.1 Å². The van der Waals surface area contributed by atoms with E-state index in [4.69, 9.17) is 0 Å². The Kier molecular flexibility index (Phi) is 3.34. The Morgan fingerprint density at radius 1 is 1.47 bits per heavy atom. The van der Waals surface area contributed by atoms with Crippen molar-refractivity contribution < 1.29 is 5.11 Å². The van der Waals surface area contributed by atoms with Gasteiger partial charge in [0.1, 0.15) is 0 Å². The topological polar surface area (TPSA) is 45.1 Å². The van der Waals surface area contributed by atoms with Crippen LogP contribution in [0.1, 0.15) is 30.7 Å². The summed E-state index contributed by atoms with van der Waals surface area (Å²) in [5.41, 5.74) is 2.09. The van der Waals surface area contributed by atoms with E-state index in [-0.39, 0.29) is 12.1 Å². The molecule has 82 valence electrons. The van der Waals surface area contributed by atoms with E-state index in [0.717, 1.165) is 37.2 Å². The molecule has 15 heavy (non-hydrogen) atoms. The van der Waals surface area contributed by atoms with E-state index in [2.05, 4.69) is 10.3 Å². The average molecular weight is 206 g/mol. The second kappa shape index (κ2) is 4.73. The highest BCUT2D eigenvalue weighted by Crippen LogP contribution is 2.18. The molecule has 3 nitrogen and oxygen atoms in total. The molecule has 1 aliphatic rings. The van der Waals surface area contributed by atoms with Crippen LogP contribution in [0.3, 0.4) is 0 Å². The molecule has 1 aromatic rings. The first kappa shape index (κ1) is 10.6. The van der Waals surface area contributed by atoms with Crippen LogP contribution in [0.4, 0.5) is 0 Å². The summed E-state index contributed by atoms with van der Waals surface area (Å²) < 4.78 is 0. The number of aryl methyl sites for hydroxylation is 1. The fourth-order valence-electron chi connectivity index (χ4n) is 2.11. The van der Waals surface area contributed by atoms with Gasteiger partial charge in [-0.15, -0.1) is 0 Å². The molecule has 1 fully saturated rings. The Morgan fingerprint density at radius 3 is 3.00 bits per heavy atom. The SMILES string of the molecule is Cc1cccc(CN[C@@H]2CCC[C@H]2O)n1. The highest BCUT2D eigenvalue weighted by Gasteiger charge is 2.24. The van der Waals surface area contributed by atoms with Crippen LogP contribution in [0.25, 0.3) is 0 Å². The molecule has 1 aromatic heterocycles. The van der Waals surface area contributed by atoms with Crippen molar-refractivity contribution in [1.82, 2.24) is 10.3 Å². The molecular formula is C12H18N2O. The van der Waals surface area contributed by atoms with Gasteiger partial charge in [0.05, 0.1) is 11.8 Å². The van der Waals surface area contributed by atoms with Crippen LogP contribution < -0.4 is 5.32 Å². The summed E-state index contributed by atoms with van der Waals surface area (Å²) in [6.07, 6.45) is 2.96. The molecule has 0 aliphatic heterocycles. The van der Waals surface area contributed by atoms with Crippen molar-refractivity contribution in [3.8, 4) is 0 Å². The number of aliphatic hydroxyl groups is 1. The number of nitrogens with zero attached hydrogens (tertiary/aromatic N) is 1. The van der Waals surface area contributed by atoms with Crippen molar-refractivity contribution in [2.75, 3.05) is 0 Å². The minimum Gasteiger partial charge on any atom is -0.392 e. The summed E-state index contributed by atoms with van der Waals surface area (Å²) >= 11 is 0. The van der Waals surface area contributed by atoms with Gasteiger partial charge in [0.25, 0.3) is 0 Å². The molecule has 0 aromatic carbocycles. The second-order valence-corrected chi connectivity index (χ2v) is 4.26. The van der Waals surface area contributed by atoms with Crippen molar-refractivity contribution >= 4 is 0 Å². The quantitative estimate of drug-likeness (QED) is 0.785. The Bertz CT molecular complexity index is 327. The smallest absolute Gasteiger partial charge is 0.0693 e. The summed E-state index contributed by atoms with van der Waals surface area (Å²) in [4.78, 5) is 4.42. The molecule has 0 spiro atoms. The van der Waals surface area contributed by atoms with Crippen molar-refractivity contribution in [1.29, 1.82) is 0 Å². The highest BCUT2D eigenvalue weighted by atomic mass is 16.3. The van der Waals surface area contributed by atoms with Gasteiger partial charge in [0.2, 0.25) is 0 Å². The summed E-state index contributed by atoms with van der Waals surface area (Å²) in [6, 6.07) is 6.28. The van der Waals surface area contributed by atoms with Crippen LogP contribution >= 0.6 is 0 Å². The molecule has 0 unspecified atom stereocenters. The fraction of sp³-hybridized carbons (Fsp3) is 0.583. The third-order valence-electron chi connectivity index (χ3n) is 2.97. The predicted octanol–water partition coefficient (Wildman–Crippen LogP) is 1.39. The maximum atomic E-state index is 9.64. The third-order valence-corrected chi connectivity index (χ3v) is 2.97. The number of nitrogens with one attached hydrogen (secondary N) is 1. The lowest BCUT2D eigenvalue weighted by atomic mass is 10.2. The zero-order chi connectivity index (χ0) is 10.7. The first-order chi connectivity index (χ1) is 7.25. The average Bonchev–Trinajstić information content (AvgIpc) is 2.61. The number of pyridine rings is 1. The summed E-state index contributed by atoms with van der Waals surface area (Å²) in [5, 5.41) is 13.0. The molecule has 1 heterocycles. The van der Waals surface area contributed by atoms with Crippen LogP contribution in [0.5, 0.6) is 0 Å². The summed E-state index contributed by atoms with van der Waals surface area (Å²) in [5.74, 6) is 0. The van der Waals surface area contributed by atoms with Crippen molar-refractivity contribution in [3.63, 3.8) is 0 Å². The zero-order valence-corrected chi connectivity index (χ0v) is 9.11. The zero-order valence-electron chi connectivity index (χ0n) is 9.11. The molecule has 2 atom stereocenters. The predicted molar refractivity (Wildman–Crippen MR) is 59.5 cm³/mol. The molecule has 0 amide bonds. The van der Waals surface area contributed by atoms with Gasteiger partial charge in [0, 0.05) is 18.3 Å². The van der Waals surface area contributed by atoms with Gasteiger partial charge in [0.15, 0.2) is 0 Å². The van der Waals surface area contributed by atoms with Crippen LogP contribution in [0, 0.1) is 6.92 Å². The lowest BCUT2D eigenvalue weighted by Gasteiger charge is -2.15. The van der Waals surface area contributed by atoms with Gasteiger partial charge < -0.3 is 10.4 Å². The van der Waals surface area contributed by atoms with Crippen molar-refractivity contribution in [2.45, 2.75) is 44.9 Å². The van der Waals surface area contributed by atoms with E-state index in [0.29, 0.717) is 0 Å². The normalized spacial score (nSPS) is 25.7. The second-order valence-electron chi connectivity index (χ2n) is 4.26. The van der Waals surface area contributed by atoms with E-state index in [1.165, 1.54) is 0 Å². The Hall–Kier alpha value is -0.930. The monoisotopic (exact) mass is 206 g/mol. The number of hydrogen-bond acceptors (Lipinski definition) is 3. The Morgan fingerprint density at radius 2 is 2.33 bits per heavy atom. The Labute approximate surface area is 90.5 Å². The molecule has 1 aliphatic carbocycles. The van der Waals surface area contributed by atoms with Crippen molar-refractivity contribution in [2.24, 2.45) is 0 Å². The fourth-order valence-corrected chi connectivity index (χ4v) is 2.11. The molecule has 0 saturated heterocycles. The number of aliphatic hydroxyl groups excluding tert-OH is 1. The first-order valence-electron chi connectivity index (χ1n) is 5.60. The van der Waals surface area contributed by atoms with Gasteiger partial charge in [-0.3, -0.25) is 4.98 Å². The van der Waals surface area contributed by atoms with Gasteiger partial charge in [-0.2, -0.15) is 0 Å². The van der Waals surface area contributed by atoms with Crippen LogP contribution in [-0.2, 0) is 6.54 Å². The standard InChI is InChI=1S/C12H18N2O/c1-9-4-2-5-10(14-9)8-13-11-6-3-7-12(11)15/h2,4-5,11-13,15H,3,6-8H2,1H3/t11-,12-/m1/s1. The maximum Gasteiger partial charge on any atom is 0.0693 e. The molecule has 0 bridgehead atoms. The first-order valence-corrected chi connectivity index (χ1v) is 5.60. The highest BCUT2D eigenvalue weighted by molar-refractivity contribution is 5.09. The minimum atomic E-state index is -0.171. The lowest BCUT2D eigenvalue weighted by molar-refractivity contribution is 0.148. The van der Waals surface area contributed by atoms with Gasteiger partial charge >= 0.3 is 0 Å². The third kappa shape index (κ3) is 2.76. The number of rotatable bonds is 3. The maximum absolute atomic E-state index is 9.64. The van der Waals surface area contributed by atoms with Crippen molar-refractivity contribution in [3.05, 3.63) is 29.6 Å². The molecular weight excluding hydrogens is 188 g/mol. The van der Waals surface area contributed by atoms with E-state index < -0.39 is 0 Å². The summed E-state index contributed by atoms with van der Waals surface area (Å²) in [7, 11) is 0. The molecule has 1 saturated carbocycles. The minimum absolute atomic E-state index is 0.171. The number of hydrogen-bond donors (Lipinski definition) is 2. The van der Waals surface area contributed by atoms with Gasteiger partial charge in [-0.25, -0.2) is 0 Å². The molecule has 2 N–H and O–H groups in total. The number of aromatic nitrogens is 1. The Balaban J connectivity index is 1.87. The molecule has 2 rings (SSSR count). The van der Waals surface area contributed by atoms with Gasteiger partial charge in [-0.05, 0) is 38.3 Å². The van der Waals surface area contributed by atoms with E-state index in [9.17, 15) is 5.11 Å². The van der Waals surface area contributed by atoms with E-state index in [1.54, 1.807) is 0 Å². The van der Waals surface area contributed by atoms with Crippen LogP contribution in [0.15, 0.2) is 18.2 Å². The lowest BCUT2D eigenvalue weighted by Crippen LogP contribution is -2.35. The molecule has 0 radical (unpaired) electrons. The summed E-state index contributed by atoms with van der Waals surface area (Å²) in [6.45, 7) is 2.75. The molecule has 3 heteroatoms. The largest absolute Gasteiger partial charge is 0.392 e. The van der Waals surface area contributed by atoms with E-state index >= 15 is 0 Å².